The summed E-state index contributed by atoms with van der Waals surface area (Å²) < 4.78 is 11.9. The number of carbonyl (C=O) groups is 1. The minimum absolute atomic E-state index is 0.0794. The van der Waals surface area contributed by atoms with E-state index >= 15 is 0 Å². The summed E-state index contributed by atoms with van der Waals surface area (Å²) in [7, 11) is 0. The van der Waals surface area contributed by atoms with Gasteiger partial charge in [-0.15, -0.1) is 10.2 Å². The van der Waals surface area contributed by atoms with Gasteiger partial charge in [-0.3, -0.25) is 0 Å². The van der Waals surface area contributed by atoms with Gasteiger partial charge in [-0.2, -0.15) is 5.10 Å². The van der Waals surface area contributed by atoms with Gasteiger partial charge in [0.25, 0.3) is 5.89 Å². The van der Waals surface area contributed by atoms with Gasteiger partial charge in [-0.25, -0.2) is 9.48 Å². The first-order valence-electron chi connectivity index (χ1n) is 7.93. The zero-order chi connectivity index (χ0) is 18.5. The van der Waals surface area contributed by atoms with E-state index in [-0.39, 0.29) is 12.5 Å². The number of nitrogens with zero attached hydrogens (tertiary/aromatic N) is 4. The average Bonchev–Trinajstić information content (AvgIpc) is 3.16. The van der Waals surface area contributed by atoms with Crippen LogP contribution in [0.2, 0.25) is 5.15 Å². The van der Waals surface area contributed by atoms with Crippen molar-refractivity contribution in [2.24, 2.45) is 0 Å². The smallest absolute Gasteiger partial charge is 0.331 e. The third-order valence-electron chi connectivity index (χ3n) is 3.58. The average molecular weight is 373 g/mol. The van der Waals surface area contributed by atoms with Crippen molar-refractivity contribution in [1.29, 1.82) is 0 Å². The quantitative estimate of drug-likeness (QED) is 0.487. The van der Waals surface area contributed by atoms with E-state index in [1.165, 1.54) is 6.08 Å². The number of esters is 1. The maximum absolute atomic E-state index is 11.8. The monoisotopic (exact) mass is 372 g/mol. The first-order valence-corrected chi connectivity index (χ1v) is 8.31. The van der Waals surface area contributed by atoms with Crippen molar-refractivity contribution >= 4 is 23.6 Å². The molecule has 0 aliphatic rings. The Morgan fingerprint density at radius 1 is 1.27 bits per heavy atom. The first-order chi connectivity index (χ1) is 12.5. The normalized spacial score (nSPS) is 11.2. The highest BCUT2D eigenvalue weighted by molar-refractivity contribution is 6.31. The molecule has 0 spiro atoms. The van der Waals surface area contributed by atoms with E-state index in [2.05, 4.69) is 15.3 Å². The second kappa shape index (κ2) is 7.97. The number of aromatic nitrogens is 4. The summed E-state index contributed by atoms with van der Waals surface area (Å²) in [5.74, 6) is 0.126. The number of carbonyl (C=O) groups excluding carboxylic acids is 1. The summed E-state index contributed by atoms with van der Waals surface area (Å²) in [5, 5.41) is 12.3. The fraction of sp³-hybridized carbons (Fsp3) is 0.222. The molecule has 1 aromatic carbocycles. The molecule has 0 saturated heterocycles. The summed E-state index contributed by atoms with van der Waals surface area (Å²) in [6, 6.07) is 9.87. The fourth-order valence-electron chi connectivity index (χ4n) is 2.35. The predicted octanol–water partition coefficient (Wildman–Crippen LogP) is 3.34. The van der Waals surface area contributed by atoms with Crippen LogP contribution in [-0.4, -0.2) is 25.9 Å². The molecule has 0 atom stereocenters. The topological polar surface area (TPSA) is 83.0 Å². The van der Waals surface area contributed by atoms with Crippen LogP contribution in [-0.2, 0) is 22.7 Å². The van der Waals surface area contributed by atoms with Gasteiger partial charge in [0.1, 0.15) is 5.15 Å². The second-order valence-corrected chi connectivity index (χ2v) is 5.95. The van der Waals surface area contributed by atoms with Crippen LogP contribution in [0.1, 0.15) is 28.6 Å². The van der Waals surface area contributed by atoms with Crippen molar-refractivity contribution in [1.82, 2.24) is 20.0 Å². The maximum Gasteiger partial charge on any atom is 0.331 e. The summed E-state index contributed by atoms with van der Waals surface area (Å²) in [5.41, 5.74) is 2.48. The standard InChI is InChI=1S/C18H17ClN4O3/c1-12-15(8-9-17(24)25-11-16-21-20-13(2)26-16)18(19)23(22-12)10-14-6-4-3-5-7-14/h3-9H,10-11H2,1-2H3/b9-8+. The molecule has 0 N–H and O–H groups in total. The lowest BCUT2D eigenvalue weighted by molar-refractivity contribution is -0.139. The fourth-order valence-corrected chi connectivity index (χ4v) is 2.64. The Hall–Kier alpha value is -2.93. The number of hydrogen-bond donors (Lipinski definition) is 0. The Morgan fingerprint density at radius 2 is 2.04 bits per heavy atom. The molecular weight excluding hydrogens is 356 g/mol. The number of rotatable bonds is 6. The van der Waals surface area contributed by atoms with Crippen molar-refractivity contribution in [3.05, 3.63) is 70.2 Å². The molecule has 8 heteroatoms. The van der Waals surface area contributed by atoms with E-state index in [9.17, 15) is 4.79 Å². The van der Waals surface area contributed by atoms with Crippen LogP contribution < -0.4 is 0 Å². The maximum atomic E-state index is 11.8. The minimum Gasteiger partial charge on any atom is -0.452 e. The van der Waals surface area contributed by atoms with Crippen LogP contribution in [0.15, 0.2) is 40.8 Å². The van der Waals surface area contributed by atoms with Crippen molar-refractivity contribution in [3.63, 3.8) is 0 Å². The van der Waals surface area contributed by atoms with Crippen LogP contribution in [0.3, 0.4) is 0 Å². The van der Waals surface area contributed by atoms with Gasteiger partial charge in [0, 0.05) is 18.6 Å². The van der Waals surface area contributed by atoms with Crippen LogP contribution in [0.25, 0.3) is 6.08 Å². The van der Waals surface area contributed by atoms with E-state index < -0.39 is 5.97 Å². The van der Waals surface area contributed by atoms with Gasteiger partial charge in [-0.05, 0) is 18.6 Å². The molecule has 0 radical (unpaired) electrons. The van der Waals surface area contributed by atoms with E-state index in [1.54, 1.807) is 17.7 Å². The molecule has 0 unspecified atom stereocenters. The zero-order valence-electron chi connectivity index (χ0n) is 14.3. The Bertz CT molecular complexity index is 931. The molecule has 3 rings (SSSR count). The Labute approximate surface area is 155 Å². The molecule has 134 valence electrons. The van der Waals surface area contributed by atoms with Crippen molar-refractivity contribution in [2.45, 2.75) is 27.0 Å². The molecule has 0 fully saturated rings. The van der Waals surface area contributed by atoms with Gasteiger partial charge < -0.3 is 9.15 Å². The lowest BCUT2D eigenvalue weighted by Gasteiger charge is -2.03. The summed E-state index contributed by atoms with van der Waals surface area (Å²) in [6.07, 6.45) is 2.89. The Kier molecular flexibility index (Phi) is 5.48. The van der Waals surface area contributed by atoms with Crippen molar-refractivity contribution < 1.29 is 13.9 Å². The van der Waals surface area contributed by atoms with Gasteiger partial charge in [0.2, 0.25) is 5.89 Å². The molecule has 2 aromatic heterocycles. The van der Waals surface area contributed by atoms with E-state index in [0.717, 1.165) is 11.3 Å². The molecule has 0 aliphatic carbocycles. The molecular formula is C18H17ClN4O3. The van der Waals surface area contributed by atoms with Gasteiger partial charge in [0.05, 0.1) is 12.2 Å². The molecule has 2 heterocycles. The van der Waals surface area contributed by atoms with E-state index in [0.29, 0.717) is 23.2 Å². The third-order valence-corrected chi connectivity index (χ3v) is 3.98. The van der Waals surface area contributed by atoms with Gasteiger partial charge in [0.15, 0.2) is 6.61 Å². The number of aryl methyl sites for hydroxylation is 2. The largest absolute Gasteiger partial charge is 0.452 e. The van der Waals surface area contributed by atoms with E-state index in [1.807, 2.05) is 37.3 Å². The van der Waals surface area contributed by atoms with Crippen LogP contribution in [0.5, 0.6) is 0 Å². The number of benzene rings is 1. The minimum atomic E-state index is -0.535. The van der Waals surface area contributed by atoms with Crippen LogP contribution in [0.4, 0.5) is 0 Å². The molecule has 0 amide bonds. The second-order valence-electron chi connectivity index (χ2n) is 5.59. The van der Waals surface area contributed by atoms with Gasteiger partial charge in [-0.1, -0.05) is 41.9 Å². The number of hydrogen-bond acceptors (Lipinski definition) is 6. The molecule has 0 saturated carbocycles. The molecule has 0 aliphatic heterocycles. The lowest BCUT2D eigenvalue weighted by atomic mass is 10.2. The Morgan fingerprint density at radius 3 is 2.73 bits per heavy atom. The van der Waals surface area contributed by atoms with E-state index in [4.69, 9.17) is 20.8 Å². The lowest BCUT2D eigenvalue weighted by Crippen LogP contribution is -2.02. The number of halogens is 1. The highest BCUT2D eigenvalue weighted by Crippen LogP contribution is 2.22. The van der Waals surface area contributed by atoms with Crippen molar-refractivity contribution in [2.75, 3.05) is 0 Å². The predicted molar refractivity (Wildman–Crippen MR) is 95.4 cm³/mol. The highest BCUT2D eigenvalue weighted by atomic mass is 35.5. The molecule has 7 nitrogen and oxygen atoms in total. The molecule has 3 aromatic rings. The molecule has 0 bridgehead atoms. The SMILES string of the molecule is Cc1nnc(COC(=O)/C=C/c2c(C)nn(Cc3ccccc3)c2Cl)o1. The molecule has 26 heavy (non-hydrogen) atoms. The summed E-state index contributed by atoms with van der Waals surface area (Å²) in [6.45, 7) is 3.97. The first kappa shape index (κ1) is 17.9. The van der Waals surface area contributed by atoms with Crippen LogP contribution >= 0.6 is 11.6 Å². The van der Waals surface area contributed by atoms with Crippen molar-refractivity contribution in [3.8, 4) is 0 Å². The third kappa shape index (κ3) is 4.37. The summed E-state index contributed by atoms with van der Waals surface area (Å²) in [4.78, 5) is 11.8. The Balaban J connectivity index is 1.65. The summed E-state index contributed by atoms with van der Waals surface area (Å²) >= 11 is 6.40. The number of ether oxygens (including phenoxy) is 1. The highest BCUT2D eigenvalue weighted by Gasteiger charge is 2.12. The van der Waals surface area contributed by atoms with Gasteiger partial charge >= 0.3 is 5.97 Å². The van der Waals surface area contributed by atoms with Crippen LogP contribution in [0, 0.1) is 13.8 Å². The zero-order valence-corrected chi connectivity index (χ0v) is 15.1.